The Kier molecular flexibility index (Phi) is 4.04. The van der Waals surface area contributed by atoms with Crippen LogP contribution in [0.4, 0.5) is 5.82 Å². The number of nitrogens with one attached hydrogen (secondary N) is 1. The van der Waals surface area contributed by atoms with Gasteiger partial charge < -0.3 is 5.32 Å². The lowest BCUT2D eigenvalue weighted by Crippen LogP contribution is -2.00. The standard InChI is InChI=1S/C13H13Cl2N3/c1-3-12-17-11(7-13(16-2)18-12)8-4-5-9(14)10(15)6-8/h4-7H,3H2,1-2H3,(H,16,17,18). The molecule has 0 radical (unpaired) electrons. The van der Waals surface area contributed by atoms with Crippen molar-refractivity contribution in [3.63, 3.8) is 0 Å². The van der Waals surface area contributed by atoms with E-state index in [2.05, 4.69) is 15.3 Å². The third-order valence-electron chi connectivity index (χ3n) is 2.56. The van der Waals surface area contributed by atoms with Crippen molar-refractivity contribution in [3.8, 4) is 11.3 Å². The van der Waals surface area contributed by atoms with Crippen LogP contribution in [0.5, 0.6) is 0 Å². The molecule has 0 saturated heterocycles. The van der Waals surface area contributed by atoms with Gasteiger partial charge >= 0.3 is 0 Å². The minimum Gasteiger partial charge on any atom is -0.373 e. The topological polar surface area (TPSA) is 37.8 Å². The van der Waals surface area contributed by atoms with E-state index in [0.29, 0.717) is 10.0 Å². The van der Waals surface area contributed by atoms with Gasteiger partial charge in [-0.25, -0.2) is 9.97 Å². The van der Waals surface area contributed by atoms with Crippen molar-refractivity contribution in [1.82, 2.24) is 9.97 Å². The van der Waals surface area contributed by atoms with E-state index in [1.807, 2.05) is 32.2 Å². The van der Waals surface area contributed by atoms with Gasteiger partial charge in [-0.15, -0.1) is 0 Å². The predicted molar refractivity (Wildman–Crippen MR) is 76.4 cm³/mol. The van der Waals surface area contributed by atoms with Crippen molar-refractivity contribution in [2.75, 3.05) is 12.4 Å². The van der Waals surface area contributed by atoms with E-state index >= 15 is 0 Å². The van der Waals surface area contributed by atoms with Crippen LogP contribution in [0, 0.1) is 0 Å². The summed E-state index contributed by atoms with van der Waals surface area (Å²) in [6, 6.07) is 7.37. The summed E-state index contributed by atoms with van der Waals surface area (Å²) < 4.78 is 0. The highest BCUT2D eigenvalue weighted by Crippen LogP contribution is 2.28. The van der Waals surface area contributed by atoms with Crippen LogP contribution < -0.4 is 5.32 Å². The van der Waals surface area contributed by atoms with Gasteiger partial charge in [0.2, 0.25) is 0 Å². The van der Waals surface area contributed by atoms with E-state index in [4.69, 9.17) is 23.2 Å². The molecular formula is C13H13Cl2N3. The molecule has 0 aliphatic rings. The Morgan fingerprint density at radius 1 is 1.11 bits per heavy atom. The Bertz CT molecular complexity index is 548. The number of benzene rings is 1. The van der Waals surface area contributed by atoms with Crippen LogP contribution in [0.3, 0.4) is 0 Å². The SMILES string of the molecule is CCc1nc(NC)cc(-c2ccc(Cl)c(Cl)c2)n1. The maximum Gasteiger partial charge on any atom is 0.131 e. The van der Waals surface area contributed by atoms with Gasteiger partial charge in [-0.2, -0.15) is 0 Å². The average Bonchev–Trinajstić information content (AvgIpc) is 2.41. The van der Waals surface area contributed by atoms with E-state index in [9.17, 15) is 0 Å². The molecule has 0 unspecified atom stereocenters. The molecule has 2 rings (SSSR count). The van der Waals surface area contributed by atoms with Crippen LogP contribution in [0.15, 0.2) is 24.3 Å². The van der Waals surface area contributed by atoms with Crippen LogP contribution in [-0.2, 0) is 6.42 Å². The number of aromatic nitrogens is 2. The van der Waals surface area contributed by atoms with Crippen molar-refractivity contribution < 1.29 is 0 Å². The van der Waals surface area contributed by atoms with E-state index < -0.39 is 0 Å². The van der Waals surface area contributed by atoms with E-state index in [1.54, 1.807) is 6.07 Å². The van der Waals surface area contributed by atoms with Gasteiger partial charge in [0.1, 0.15) is 11.6 Å². The number of hydrogen-bond acceptors (Lipinski definition) is 3. The molecule has 0 spiro atoms. The number of nitrogens with zero attached hydrogens (tertiary/aromatic N) is 2. The monoisotopic (exact) mass is 281 g/mol. The maximum atomic E-state index is 6.02. The second kappa shape index (κ2) is 5.55. The summed E-state index contributed by atoms with van der Waals surface area (Å²) in [7, 11) is 1.83. The summed E-state index contributed by atoms with van der Waals surface area (Å²) in [6.07, 6.45) is 0.782. The van der Waals surface area contributed by atoms with E-state index in [0.717, 1.165) is 29.3 Å². The van der Waals surface area contributed by atoms with E-state index in [1.165, 1.54) is 0 Å². The number of rotatable bonds is 3. The zero-order valence-corrected chi connectivity index (χ0v) is 11.7. The van der Waals surface area contributed by atoms with Crippen LogP contribution in [0.2, 0.25) is 10.0 Å². The van der Waals surface area contributed by atoms with Gasteiger partial charge in [-0.05, 0) is 12.1 Å². The molecule has 94 valence electrons. The third kappa shape index (κ3) is 2.74. The number of halogens is 2. The Balaban J connectivity index is 2.51. The molecule has 0 bridgehead atoms. The Hall–Kier alpha value is -1.32. The lowest BCUT2D eigenvalue weighted by atomic mass is 10.1. The fourth-order valence-electron chi connectivity index (χ4n) is 1.59. The second-order valence-electron chi connectivity index (χ2n) is 3.79. The third-order valence-corrected chi connectivity index (χ3v) is 3.30. The molecule has 0 saturated carbocycles. The molecule has 1 N–H and O–H groups in total. The highest BCUT2D eigenvalue weighted by atomic mass is 35.5. The number of aryl methyl sites for hydroxylation is 1. The molecule has 0 aliphatic carbocycles. The zero-order valence-electron chi connectivity index (χ0n) is 10.2. The second-order valence-corrected chi connectivity index (χ2v) is 4.60. The van der Waals surface area contributed by atoms with Crippen molar-refractivity contribution in [2.24, 2.45) is 0 Å². The molecule has 1 aromatic heterocycles. The fraction of sp³-hybridized carbons (Fsp3) is 0.231. The van der Waals surface area contributed by atoms with Gasteiger partial charge in [-0.3, -0.25) is 0 Å². The van der Waals surface area contributed by atoms with Crippen LogP contribution in [0.1, 0.15) is 12.7 Å². The first kappa shape index (κ1) is 13.1. The molecule has 18 heavy (non-hydrogen) atoms. The van der Waals surface area contributed by atoms with Gasteiger partial charge in [0.05, 0.1) is 15.7 Å². The molecule has 1 aromatic carbocycles. The summed E-state index contributed by atoms with van der Waals surface area (Å²) in [4.78, 5) is 8.84. The van der Waals surface area contributed by atoms with Crippen molar-refractivity contribution >= 4 is 29.0 Å². The molecule has 0 fully saturated rings. The summed E-state index contributed by atoms with van der Waals surface area (Å²) in [6.45, 7) is 2.02. The minimum atomic E-state index is 0.525. The summed E-state index contributed by atoms with van der Waals surface area (Å²) in [5, 5.41) is 4.09. The normalized spacial score (nSPS) is 10.4. The zero-order chi connectivity index (χ0) is 13.1. The van der Waals surface area contributed by atoms with Crippen molar-refractivity contribution in [3.05, 3.63) is 40.1 Å². The lowest BCUT2D eigenvalue weighted by Gasteiger charge is -2.07. The molecule has 0 amide bonds. The molecule has 0 atom stereocenters. The van der Waals surface area contributed by atoms with Gasteiger partial charge in [0.25, 0.3) is 0 Å². The molecule has 1 heterocycles. The Labute approximate surface area is 116 Å². The highest BCUT2D eigenvalue weighted by Gasteiger charge is 2.07. The number of anilines is 1. The van der Waals surface area contributed by atoms with Gasteiger partial charge in [-0.1, -0.05) is 36.2 Å². The highest BCUT2D eigenvalue weighted by molar-refractivity contribution is 6.42. The van der Waals surface area contributed by atoms with Crippen molar-refractivity contribution in [2.45, 2.75) is 13.3 Å². The first-order chi connectivity index (χ1) is 8.63. The Morgan fingerprint density at radius 3 is 2.50 bits per heavy atom. The fourth-order valence-corrected chi connectivity index (χ4v) is 1.88. The largest absolute Gasteiger partial charge is 0.373 e. The van der Waals surface area contributed by atoms with Gasteiger partial charge in [0, 0.05) is 25.1 Å². The van der Waals surface area contributed by atoms with Crippen molar-refractivity contribution in [1.29, 1.82) is 0 Å². The van der Waals surface area contributed by atoms with Crippen LogP contribution in [0.25, 0.3) is 11.3 Å². The first-order valence-electron chi connectivity index (χ1n) is 5.65. The molecule has 2 aromatic rings. The summed E-state index contributed by atoms with van der Waals surface area (Å²) in [5.74, 6) is 1.59. The Morgan fingerprint density at radius 2 is 1.89 bits per heavy atom. The van der Waals surface area contributed by atoms with Crippen LogP contribution >= 0.6 is 23.2 Å². The summed E-state index contributed by atoms with van der Waals surface area (Å²) in [5.41, 5.74) is 1.77. The molecular weight excluding hydrogens is 269 g/mol. The smallest absolute Gasteiger partial charge is 0.131 e. The average molecular weight is 282 g/mol. The quantitative estimate of drug-likeness (QED) is 0.922. The number of hydrogen-bond donors (Lipinski definition) is 1. The molecule has 3 nitrogen and oxygen atoms in total. The maximum absolute atomic E-state index is 6.02. The minimum absolute atomic E-state index is 0.525. The van der Waals surface area contributed by atoms with Gasteiger partial charge in [0.15, 0.2) is 0 Å². The lowest BCUT2D eigenvalue weighted by molar-refractivity contribution is 0.945. The van der Waals surface area contributed by atoms with E-state index in [-0.39, 0.29) is 0 Å². The van der Waals surface area contributed by atoms with Crippen LogP contribution in [-0.4, -0.2) is 17.0 Å². The summed E-state index contributed by atoms with van der Waals surface area (Å²) >= 11 is 11.9. The molecule has 5 heteroatoms. The first-order valence-corrected chi connectivity index (χ1v) is 6.40. The predicted octanol–water partition coefficient (Wildman–Crippen LogP) is 4.05. The molecule has 0 aliphatic heterocycles.